The van der Waals surface area contributed by atoms with Gasteiger partial charge in [-0.05, 0) is 68.1 Å². The number of thioether (sulfide) groups is 1. The second-order valence-corrected chi connectivity index (χ2v) is 8.32. The summed E-state index contributed by atoms with van der Waals surface area (Å²) in [6.45, 7) is 5.00. The van der Waals surface area contributed by atoms with Crippen LogP contribution in [-0.2, 0) is 4.79 Å². The summed E-state index contributed by atoms with van der Waals surface area (Å²) in [6.07, 6.45) is 1.78. The first-order chi connectivity index (χ1) is 14.0. The molecule has 0 radical (unpaired) electrons. The number of amides is 1. The number of rotatable bonds is 6. The van der Waals surface area contributed by atoms with E-state index in [1.807, 2.05) is 44.2 Å². The largest absolute Gasteiger partial charge is 0.495 e. The van der Waals surface area contributed by atoms with Crippen molar-refractivity contribution < 1.29 is 14.3 Å². The van der Waals surface area contributed by atoms with E-state index in [4.69, 9.17) is 21.1 Å². The first-order valence-electron chi connectivity index (χ1n) is 9.02. The maximum atomic E-state index is 12.9. The zero-order valence-electron chi connectivity index (χ0n) is 16.2. The Hall–Kier alpha value is -1.96. The van der Waals surface area contributed by atoms with E-state index >= 15 is 0 Å². The highest BCUT2D eigenvalue weighted by Gasteiger charge is 2.32. The van der Waals surface area contributed by atoms with Gasteiger partial charge in [0, 0.05) is 16.6 Å². The van der Waals surface area contributed by atoms with Gasteiger partial charge in [-0.3, -0.25) is 9.69 Å². The summed E-state index contributed by atoms with van der Waals surface area (Å²) in [7, 11) is 1.55. The first-order valence-corrected chi connectivity index (χ1v) is 11.0. The fourth-order valence-corrected chi connectivity index (χ4v) is 4.77. The predicted octanol–water partition coefficient (Wildman–Crippen LogP) is 6.13. The van der Waals surface area contributed by atoms with Gasteiger partial charge < -0.3 is 9.47 Å². The molecular formula is C21H20BrClN2O3S. The van der Waals surface area contributed by atoms with Crippen LogP contribution in [0.3, 0.4) is 0 Å². The molecule has 2 aromatic rings. The summed E-state index contributed by atoms with van der Waals surface area (Å²) >= 11 is 11.0. The van der Waals surface area contributed by atoms with Gasteiger partial charge in [0.05, 0.1) is 29.3 Å². The zero-order valence-corrected chi connectivity index (χ0v) is 19.4. The molecule has 1 heterocycles. The molecule has 2 aromatic carbocycles. The van der Waals surface area contributed by atoms with Gasteiger partial charge in [0.2, 0.25) is 0 Å². The summed E-state index contributed by atoms with van der Waals surface area (Å²) in [5.74, 6) is 1.22. The molecule has 0 aliphatic carbocycles. The molecule has 5 nitrogen and oxygen atoms in total. The van der Waals surface area contributed by atoms with E-state index in [9.17, 15) is 4.79 Å². The minimum absolute atomic E-state index is 0.0969. The van der Waals surface area contributed by atoms with E-state index in [-0.39, 0.29) is 5.91 Å². The molecular weight excluding hydrogens is 476 g/mol. The molecule has 1 aliphatic rings. The normalized spacial score (nSPS) is 16.7. The highest BCUT2D eigenvalue weighted by Crippen LogP contribution is 2.38. The van der Waals surface area contributed by atoms with Crippen molar-refractivity contribution in [3.8, 4) is 11.5 Å². The van der Waals surface area contributed by atoms with Gasteiger partial charge in [-0.25, -0.2) is 4.99 Å². The van der Waals surface area contributed by atoms with Crippen molar-refractivity contribution in [2.75, 3.05) is 20.3 Å². The van der Waals surface area contributed by atoms with Crippen LogP contribution in [0.4, 0.5) is 5.69 Å². The molecule has 0 aromatic heterocycles. The number of carbonyl (C=O) groups excluding carboxylic acids is 1. The molecule has 0 N–H and O–H groups in total. The van der Waals surface area contributed by atoms with Crippen LogP contribution in [0.15, 0.2) is 50.8 Å². The molecule has 29 heavy (non-hydrogen) atoms. The molecule has 3 rings (SSSR count). The van der Waals surface area contributed by atoms with Gasteiger partial charge in [0.25, 0.3) is 5.91 Å². The Morgan fingerprint density at radius 1 is 1.24 bits per heavy atom. The van der Waals surface area contributed by atoms with Crippen LogP contribution in [0.2, 0.25) is 5.02 Å². The van der Waals surface area contributed by atoms with E-state index in [1.54, 1.807) is 24.2 Å². The third-order valence-electron chi connectivity index (χ3n) is 4.10. The number of aliphatic imine (C=N–C) groups is 1. The lowest BCUT2D eigenvalue weighted by Crippen LogP contribution is -2.28. The molecule has 1 aliphatic heterocycles. The second-order valence-electron chi connectivity index (χ2n) is 5.99. The van der Waals surface area contributed by atoms with Crippen molar-refractivity contribution in [2.24, 2.45) is 4.99 Å². The number of nitrogens with zero attached hydrogens (tertiary/aromatic N) is 2. The molecule has 0 bridgehead atoms. The quantitative estimate of drug-likeness (QED) is 0.452. The molecule has 0 unspecified atom stereocenters. The lowest BCUT2D eigenvalue weighted by Gasteiger charge is -2.12. The Balaban J connectivity index is 1.94. The van der Waals surface area contributed by atoms with E-state index in [2.05, 4.69) is 20.9 Å². The standard InChI is InChI=1S/C21H20BrClN2O3S/c1-4-25-20(26)18(11-13-10-14(22)12-17(23)19(13)27-3)29-21(25)24-15-6-8-16(9-7-15)28-5-2/h6-12H,4-5H2,1-3H3/b18-11-,24-21?. The number of amidine groups is 1. The SMILES string of the molecule is CCOc1ccc(N=C2S/C(=C\c3cc(Br)cc(Cl)c3OC)C(=O)N2CC)cc1. The van der Waals surface area contributed by atoms with Crippen molar-refractivity contribution in [1.29, 1.82) is 0 Å². The average Bonchev–Trinajstić information content (AvgIpc) is 2.97. The number of benzene rings is 2. The molecule has 0 saturated carbocycles. The van der Waals surface area contributed by atoms with Gasteiger partial charge in [0.1, 0.15) is 11.5 Å². The molecule has 1 fully saturated rings. The maximum absolute atomic E-state index is 12.9. The first kappa shape index (κ1) is 21.7. The van der Waals surface area contributed by atoms with Crippen molar-refractivity contribution >= 4 is 62.1 Å². The monoisotopic (exact) mass is 494 g/mol. The topological polar surface area (TPSA) is 51.1 Å². The van der Waals surface area contributed by atoms with E-state index in [0.717, 1.165) is 21.5 Å². The molecule has 1 amide bonds. The van der Waals surface area contributed by atoms with Crippen molar-refractivity contribution in [3.05, 3.63) is 56.4 Å². The van der Waals surface area contributed by atoms with Crippen LogP contribution < -0.4 is 9.47 Å². The van der Waals surface area contributed by atoms with E-state index in [0.29, 0.717) is 34.0 Å². The third kappa shape index (κ3) is 4.97. The molecule has 8 heteroatoms. The smallest absolute Gasteiger partial charge is 0.266 e. The number of ether oxygens (including phenoxy) is 2. The van der Waals surface area contributed by atoms with Crippen LogP contribution in [0.1, 0.15) is 19.4 Å². The van der Waals surface area contributed by atoms with Crippen molar-refractivity contribution in [1.82, 2.24) is 4.90 Å². The molecule has 1 saturated heterocycles. The average molecular weight is 496 g/mol. The number of likely N-dealkylation sites (N-methyl/N-ethyl adjacent to an activating group) is 1. The summed E-state index contributed by atoms with van der Waals surface area (Å²) in [5.41, 5.74) is 1.48. The number of carbonyl (C=O) groups is 1. The zero-order chi connectivity index (χ0) is 21.0. The van der Waals surface area contributed by atoms with Crippen LogP contribution in [0, 0.1) is 0 Å². The number of methoxy groups -OCH3 is 1. The van der Waals surface area contributed by atoms with Gasteiger partial charge >= 0.3 is 0 Å². The second kappa shape index (κ2) is 9.69. The fraction of sp³-hybridized carbons (Fsp3) is 0.238. The molecule has 152 valence electrons. The Morgan fingerprint density at radius 2 is 1.97 bits per heavy atom. The number of halogens is 2. The Kier molecular flexibility index (Phi) is 7.27. The minimum atomic E-state index is -0.0969. The van der Waals surface area contributed by atoms with Crippen molar-refractivity contribution in [3.63, 3.8) is 0 Å². The van der Waals surface area contributed by atoms with Gasteiger partial charge in [-0.1, -0.05) is 27.5 Å². The van der Waals surface area contributed by atoms with Gasteiger partial charge in [-0.15, -0.1) is 0 Å². The van der Waals surface area contributed by atoms with Crippen LogP contribution in [0.25, 0.3) is 6.08 Å². The highest BCUT2D eigenvalue weighted by molar-refractivity contribution is 9.10. The lowest BCUT2D eigenvalue weighted by atomic mass is 10.2. The lowest BCUT2D eigenvalue weighted by molar-refractivity contribution is -0.122. The fourth-order valence-electron chi connectivity index (χ4n) is 2.81. The van der Waals surface area contributed by atoms with Crippen molar-refractivity contribution in [2.45, 2.75) is 13.8 Å². The van der Waals surface area contributed by atoms with Gasteiger partial charge in [0.15, 0.2) is 5.17 Å². The predicted molar refractivity (Wildman–Crippen MR) is 123 cm³/mol. The Bertz CT molecular complexity index is 977. The Labute approximate surface area is 187 Å². The number of hydrogen-bond acceptors (Lipinski definition) is 5. The summed E-state index contributed by atoms with van der Waals surface area (Å²) in [6, 6.07) is 11.1. The summed E-state index contributed by atoms with van der Waals surface area (Å²) in [5, 5.41) is 1.10. The van der Waals surface area contributed by atoms with Crippen LogP contribution >= 0.6 is 39.3 Å². The molecule has 0 atom stereocenters. The summed E-state index contributed by atoms with van der Waals surface area (Å²) in [4.78, 5) is 19.8. The minimum Gasteiger partial charge on any atom is -0.495 e. The Morgan fingerprint density at radius 3 is 2.59 bits per heavy atom. The maximum Gasteiger partial charge on any atom is 0.266 e. The third-order valence-corrected chi connectivity index (χ3v) is 5.85. The van der Waals surface area contributed by atoms with E-state index in [1.165, 1.54) is 11.8 Å². The van der Waals surface area contributed by atoms with E-state index < -0.39 is 0 Å². The highest BCUT2D eigenvalue weighted by atomic mass is 79.9. The molecule has 0 spiro atoms. The van der Waals surface area contributed by atoms with Gasteiger partial charge in [-0.2, -0.15) is 0 Å². The summed E-state index contributed by atoms with van der Waals surface area (Å²) < 4.78 is 11.7. The number of hydrogen-bond donors (Lipinski definition) is 0. The van der Waals surface area contributed by atoms with Crippen LogP contribution in [0.5, 0.6) is 11.5 Å². The van der Waals surface area contributed by atoms with Crippen LogP contribution in [-0.4, -0.2) is 36.2 Å².